The van der Waals surface area contributed by atoms with Crippen molar-refractivity contribution in [2.24, 2.45) is 0 Å². The molecule has 0 heterocycles. The SMILES string of the molecule is Cc1ccc(C(=O)Nc2ccc(C(=O)O)c(O)c2)cc1Br. The molecule has 0 aliphatic rings. The number of halogens is 1. The lowest BCUT2D eigenvalue weighted by atomic mass is 10.1. The average Bonchev–Trinajstić information content (AvgIpc) is 2.41. The van der Waals surface area contributed by atoms with E-state index < -0.39 is 11.7 Å². The molecule has 21 heavy (non-hydrogen) atoms. The summed E-state index contributed by atoms with van der Waals surface area (Å²) >= 11 is 3.35. The van der Waals surface area contributed by atoms with Crippen molar-refractivity contribution in [1.29, 1.82) is 0 Å². The second-order valence-electron chi connectivity index (χ2n) is 4.46. The van der Waals surface area contributed by atoms with Crippen molar-refractivity contribution in [2.75, 3.05) is 5.32 Å². The molecule has 0 unspecified atom stereocenters. The second kappa shape index (κ2) is 5.97. The predicted octanol–water partition coefficient (Wildman–Crippen LogP) is 3.41. The number of benzene rings is 2. The third-order valence-corrected chi connectivity index (χ3v) is 3.77. The van der Waals surface area contributed by atoms with Crippen molar-refractivity contribution >= 4 is 33.5 Å². The first-order chi connectivity index (χ1) is 9.88. The maximum atomic E-state index is 12.1. The predicted molar refractivity (Wildman–Crippen MR) is 81.9 cm³/mol. The number of carboxylic acids is 1. The third kappa shape index (κ3) is 3.41. The van der Waals surface area contributed by atoms with E-state index in [2.05, 4.69) is 21.2 Å². The first-order valence-electron chi connectivity index (χ1n) is 6.02. The van der Waals surface area contributed by atoms with Crippen LogP contribution in [0.25, 0.3) is 0 Å². The minimum atomic E-state index is -1.23. The van der Waals surface area contributed by atoms with E-state index in [0.29, 0.717) is 11.3 Å². The Labute approximate surface area is 129 Å². The highest BCUT2D eigenvalue weighted by atomic mass is 79.9. The lowest BCUT2D eigenvalue weighted by Crippen LogP contribution is -2.12. The number of aromatic hydroxyl groups is 1. The Morgan fingerprint density at radius 1 is 1.14 bits per heavy atom. The normalized spacial score (nSPS) is 10.2. The molecule has 0 bridgehead atoms. The summed E-state index contributed by atoms with van der Waals surface area (Å²) in [6.45, 7) is 1.91. The summed E-state index contributed by atoms with van der Waals surface area (Å²) in [5, 5.41) is 21.0. The zero-order chi connectivity index (χ0) is 15.6. The van der Waals surface area contributed by atoms with E-state index in [-0.39, 0.29) is 11.5 Å². The molecular formula is C15H12BrNO4. The molecule has 0 aliphatic carbocycles. The van der Waals surface area contributed by atoms with Gasteiger partial charge in [0.25, 0.3) is 5.91 Å². The molecular weight excluding hydrogens is 338 g/mol. The Morgan fingerprint density at radius 3 is 2.43 bits per heavy atom. The van der Waals surface area contributed by atoms with Crippen LogP contribution in [0, 0.1) is 6.92 Å². The lowest BCUT2D eigenvalue weighted by Gasteiger charge is -2.08. The van der Waals surface area contributed by atoms with E-state index in [1.807, 2.05) is 13.0 Å². The van der Waals surface area contributed by atoms with Gasteiger partial charge in [-0.25, -0.2) is 4.79 Å². The molecule has 0 saturated heterocycles. The van der Waals surface area contributed by atoms with E-state index in [1.165, 1.54) is 18.2 Å². The summed E-state index contributed by atoms with van der Waals surface area (Å²) in [7, 11) is 0. The van der Waals surface area contributed by atoms with Crippen LogP contribution < -0.4 is 5.32 Å². The Balaban J connectivity index is 2.21. The summed E-state index contributed by atoms with van der Waals surface area (Å²) in [4.78, 5) is 22.9. The first kappa shape index (κ1) is 15.1. The fourth-order valence-corrected chi connectivity index (χ4v) is 2.11. The van der Waals surface area contributed by atoms with Crippen LogP contribution in [0.5, 0.6) is 5.75 Å². The minimum Gasteiger partial charge on any atom is -0.507 e. The van der Waals surface area contributed by atoms with Crippen molar-refractivity contribution in [3.63, 3.8) is 0 Å². The highest BCUT2D eigenvalue weighted by Crippen LogP contribution is 2.23. The molecule has 0 atom stereocenters. The number of anilines is 1. The van der Waals surface area contributed by atoms with E-state index in [9.17, 15) is 14.7 Å². The zero-order valence-electron chi connectivity index (χ0n) is 11.1. The van der Waals surface area contributed by atoms with Gasteiger partial charge in [-0.05, 0) is 36.8 Å². The summed E-state index contributed by atoms with van der Waals surface area (Å²) in [6.07, 6.45) is 0. The molecule has 0 saturated carbocycles. The number of amides is 1. The standard InChI is InChI=1S/C15H12BrNO4/c1-8-2-3-9(6-12(8)16)14(19)17-10-4-5-11(15(20)21)13(18)7-10/h2-7,18H,1H3,(H,17,19)(H,20,21). The Morgan fingerprint density at radius 2 is 1.86 bits per heavy atom. The number of hydrogen-bond acceptors (Lipinski definition) is 3. The number of nitrogens with one attached hydrogen (secondary N) is 1. The summed E-state index contributed by atoms with van der Waals surface area (Å²) in [5.41, 5.74) is 1.56. The van der Waals surface area contributed by atoms with Crippen LogP contribution in [-0.2, 0) is 0 Å². The van der Waals surface area contributed by atoms with Gasteiger partial charge in [0.1, 0.15) is 11.3 Å². The molecule has 2 aromatic rings. The average molecular weight is 350 g/mol. The van der Waals surface area contributed by atoms with Crippen LogP contribution in [0.1, 0.15) is 26.3 Å². The molecule has 3 N–H and O–H groups in total. The van der Waals surface area contributed by atoms with E-state index >= 15 is 0 Å². The summed E-state index contributed by atoms with van der Waals surface area (Å²) in [5.74, 6) is -1.98. The molecule has 0 spiro atoms. The van der Waals surface area contributed by atoms with Crippen LogP contribution in [0.15, 0.2) is 40.9 Å². The van der Waals surface area contributed by atoms with Gasteiger partial charge in [0.15, 0.2) is 0 Å². The number of carboxylic acid groups (broad SMARTS) is 1. The molecule has 0 radical (unpaired) electrons. The quantitative estimate of drug-likeness (QED) is 0.792. The van der Waals surface area contributed by atoms with Crippen LogP contribution in [0.4, 0.5) is 5.69 Å². The molecule has 0 aromatic heterocycles. The number of aryl methyl sites for hydroxylation is 1. The van der Waals surface area contributed by atoms with Crippen LogP contribution in [0.2, 0.25) is 0 Å². The topological polar surface area (TPSA) is 86.6 Å². The molecule has 1 amide bonds. The van der Waals surface area contributed by atoms with E-state index in [1.54, 1.807) is 12.1 Å². The smallest absolute Gasteiger partial charge is 0.339 e. The van der Waals surface area contributed by atoms with Gasteiger partial charge in [-0.3, -0.25) is 4.79 Å². The van der Waals surface area contributed by atoms with Crippen molar-refractivity contribution in [1.82, 2.24) is 0 Å². The zero-order valence-corrected chi connectivity index (χ0v) is 12.6. The van der Waals surface area contributed by atoms with Crippen molar-refractivity contribution < 1.29 is 19.8 Å². The molecule has 2 aromatic carbocycles. The van der Waals surface area contributed by atoms with E-state index in [0.717, 1.165) is 10.0 Å². The molecule has 5 nitrogen and oxygen atoms in total. The van der Waals surface area contributed by atoms with Crippen molar-refractivity contribution in [3.05, 3.63) is 57.6 Å². The van der Waals surface area contributed by atoms with Crippen molar-refractivity contribution in [3.8, 4) is 5.75 Å². The van der Waals surface area contributed by atoms with Gasteiger partial charge >= 0.3 is 5.97 Å². The molecule has 6 heteroatoms. The number of aromatic carboxylic acids is 1. The highest BCUT2D eigenvalue weighted by Gasteiger charge is 2.12. The lowest BCUT2D eigenvalue weighted by molar-refractivity contribution is 0.0693. The fraction of sp³-hybridized carbons (Fsp3) is 0.0667. The fourth-order valence-electron chi connectivity index (χ4n) is 1.73. The van der Waals surface area contributed by atoms with Crippen LogP contribution in [-0.4, -0.2) is 22.1 Å². The first-order valence-corrected chi connectivity index (χ1v) is 6.81. The van der Waals surface area contributed by atoms with Gasteiger partial charge in [-0.1, -0.05) is 22.0 Å². The number of carbonyl (C=O) groups excluding carboxylic acids is 1. The van der Waals surface area contributed by atoms with Crippen LogP contribution >= 0.6 is 15.9 Å². The van der Waals surface area contributed by atoms with Gasteiger partial charge in [-0.15, -0.1) is 0 Å². The minimum absolute atomic E-state index is 0.217. The number of carbonyl (C=O) groups is 2. The molecule has 0 fully saturated rings. The molecule has 108 valence electrons. The monoisotopic (exact) mass is 349 g/mol. The van der Waals surface area contributed by atoms with Gasteiger partial charge < -0.3 is 15.5 Å². The van der Waals surface area contributed by atoms with Crippen molar-refractivity contribution in [2.45, 2.75) is 6.92 Å². The van der Waals surface area contributed by atoms with Gasteiger partial charge in [0.05, 0.1) is 0 Å². The Kier molecular flexibility index (Phi) is 4.28. The Bertz CT molecular complexity index is 728. The van der Waals surface area contributed by atoms with E-state index in [4.69, 9.17) is 5.11 Å². The second-order valence-corrected chi connectivity index (χ2v) is 5.31. The largest absolute Gasteiger partial charge is 0.507 e. The number of phenols is 1. The van der Waals surface area contributed by atoms with Crippen LogP contribution in [0.3, 0.4) is 0 Å². The van der Waals surface area contributed by atoms with Gasteiger partial charge in [0.2, 0.25) is 0 Å². The maximum absolute atomic E-state index is 12.1. The highest BCUT2D eigenvalue weighted by molar-refractivity contribution is 9.10. The molecule has 0 aliphatic heterocycles. The maximum Gasteiger partial charge on any atom is 0.339 e. The summed E-state index contributed by atoms with van der Waals surface area (Å²) in [6, 6.07) is 9.04. The molecule has 2 rings (SSSR count). The summed E-state index contributed by atoms with van der Waals surface area (Å²) < 4.78 is 0.819. The Hall–Kier alpha value is -2.34. The van der Waals surface area contributed by atoms with Gasteiger partial charge in [-0.2, -0.15) is 0 Å². The number of hydrogen-bond donors (Lipinski definition) is 3. The number of rotatable bonds is 3. The third-order valence-electron chi connectivity index (χ3n) is 2.92. The van der Waals surface area contributed by atoms with Gasteiger partial charge in [0, 0.05) is 21.8 Å².